The Morgan fingerprint density at radius 3 is 2.38 bits per heavy atom. The van der Waals surface area contributed by atoms with Crippen LogP contribution in [0, 0.1) is 5.82 Å². The van der Waals surface area contributed by atoms with Gasteiger partial charge in [0.05, 0.1) is 7.11 Å². The molecule has 0 fully saturated rings. The minimum Gasteiger partial charge on any atom is -0.508 e. The highest BCUT2D eigenvalue weighted by atomic mass is 19.1. The fourth-order valence-corrected chi connectivity index (χ4v) is 2.39. The van der Waals surface area contributed by atoms with E-state index in [0.717, 1.165) is 5.56 Å². The van der Waals surface area contributed by atoms with Gasteiger partial charge in [-0.3, -0.25) is 0 Å². The zero-order valence-electron chi connectivity index (χ0n) is 12.4. The maximum absolute atomic E-state index is 13.8. The van der Waals surface area contributed by atoms with Gasteiger partial charge < -0.3 is 15.2 Å². The van der Waals surface area contributed by atoms with Crippen molar-refractivity contribution >= 4 is 0 Å². The summed E-state index contributed by atoms with van der Waals surface area (Å²) in [5.41, 5.74) is 1.32. The quantitative estimate of drug-likeness (QED) is 0.875. The van der Waals surface area contributed by atoms with Gasteiger partial charge in [0.15, 0.2) is 0 Å². The molecule has 0 aliphatic carbocycles. The first kappa shape index (κ1) is 15.3. The van der Waals surface area contributed by atoms with Crippen LogP contribution in [0.3, 0.4) is 0 Å². The van der Waals surface area contributed by atoms with Crippen LogP contribution >= 0.6 is 0 Å². The van der Waals surface area contributed by atoms with Crippen molar-refractivity contribution in [1.29, 1.82) is 0 Å². The van der Waals surface area contributed by atoms with Gasteiger partial charge in [0.2, 0.25) is 0 Å². The van der Waals surface area contributed by atoms with E-state index < -0.39 is 0 Å². The number of ether oxygens (including phenoxy) is 1. The Balaban J connectivity index is 2.18. The molecule has 3 nitrogen and oxygen atoms in total. The zero-order chi connectivity index (χ0) is 15.4. The average Bonchev–Trinajstić information content (AvgIpc) is 2.48. The van der Waals surface area contributed by atoms with Crippen LogP contribution in [0.4, 0.5) is 4.39 Å². The lowest BCUT2D eigenvalue weighted by molar-refractivity contribution is 0.404. The monoisotopic (exact) mass is 289 g/mol. The van der Waals surface area contributed by atoms with Crippen molar-refractivity contribution in [2.75, 3.05) is 7.11 Å². The maximum Gasteiger partial charge on any atom is 0.127 e. The van der Waals surface area contributed by atoms with E-state index in [9.17, 15) is 9.50 Å². The molecule has 4 heteroatoms. The SMILES string of the molecule is COc1ccc(O)c(C(C)NC(C)c2ccccc2F)c1. The van der Waals surface area contributed by atoms with Crippen LogP contribution < -0.4 is 10.1 Å². The Hall–Kier alpha value is -2.07. The summed E-state index contributed by atoms with van der Waals surface area (Å²) in [6, 6.07) is 11.4. The first-order valence-electron chi connectivity index (χ1n) is 6.90. The molecule has 112 valence electrons. The molecule has 2 atom stereocenters. The standard InChI is InChI=1S/C17H20FNO2/c1-11(14-6-4-5-7-16(14)18)19-12(2)15-10-13(21-3)8-9-17(15)20/h4-12,19-20H,1-3H3. The number of nitrogens with one attached hydrogen (secondary N) is 1. The highest BCUT2D eigenvalue weighted by Crippen LogP contribution is 2.30. The molecule has 0 spiro atoms. The predicted molar refractivity (Wildman–Crippen MR) is 81.0 cm³/mol. The van der Waals surface area contributed by atoms with Crippen molar-refractivity contribution in [3.8, 4) is 11.5 Å². The molecule has 0 aliphatic heterocycles. The van der Waals surface area contributed by atoms with Gasteiger partial charge >= 0.3 is 0 Å². The van der Waals surface area contributed by atoms with Gasteiger partial charge in [-0.15, -0.1) is 0 Å². The van der Waals surface area contributed by atoms with E-state index in [1.165, 1.54) is 6.07 Å². The molecular formula is C17H20FNO2. The smallest absolute Gasteiger partial charge is 0.127 e. The first-order valence-corrected chi connectivity index (χ1v) is 6.90. The van der Waals surface area contributed by atoms with Crippen LogP contribution in [0.2, 0.25) is 0 Å². The van der Waals surface area contributed by atoms with Crippen molar-refractivity contribution in [2.24, 2.45) is 0 Å². The van der Waals surface area contributed by atoms with E-state index in [1.807, 2.05) is 19.9 Å². The summed E-state index contributed by atoms with van der Waals surface area (Å²) in [4.78, 5) is 0. The van der Waals surface area contributed by atoms with Gasteiger partial charge in [0.1, 0.15) is 17.3 Å². The molecule has 2 rings (SSSR count). The average molecular weight is 289 g/mol. The van der Waals surface area contributed by atoms with Crippen molar-refractivity contribution in [2.45, 2.75) is 25.9 Å². The maximum atomic E-state index is 13.8. The summed E-state index contributed by atoms with van der Waals surface area (Å²) in [5, 5.41) is 13.3. The van der Waals surface area contributed by atoms with Crippen molar-refractivity contribution in [3.05, 3.63) is 59.4 Å². The third kappa shape index (κ3) is 3.52. The number of hydrogen-bond acceptors (Lipinski definition) is 3. The minimum absolute atomic E-state index is 0.144. The number of halogens is 1. The van der Waals surface area contributed by atoms with Gasteiger partial charge in [0, 0.05) is 23.2 Å². The number of hydrogen-bond donors (Lipinski definition) is 2. The molecule has 21 heavy (non-hydrogen) atoms. The number of methoxy groups -OCH3 is 1. The highest BCUT2D eigenvalue weighted by molar-refractivity contribution is 5.41. The largest absolute Gasteiger partial charge is 0.508 e. The molecule has 0 saturated carbocycles. The van der Waals surface area contributed by atoms with Crippen LogP contribution in [0.15, 0.2) is 42.5 Å². The Labute approximate surface area is 124 Å². The summed E-state index contributed by atoms with van der Waals surface area (Å²) < 4.78 is 19.0. The molecule has 0 bridgehead atoms. The molecule has 0 aromatic heterocycles. The predicted octanol–water partition coefficient (Wildman–Crippen LogP) is 3.95. The van der Waals surface area contributed by atoms with Gasteiger partial charge in [-0.1, -0.05) is 18.2 Å². The third-order valence-corrected chi connectivity index (χ3v) is 3.57. The molecule has 2 N–H and O–H groups in total. The van der Waals surface area contributed by atoms with Crippen LogP contribution in [0.1, 0.15) is 37.1 Å². The normalized spacial score (nSPS) is 13.7. The van der Waals surface area contributed by atoms with E-state index in [0.29, 0.717) is 11.3 Å². The molecule has 0 aliphatic rings. The van der Waals surface area contributed by atoms with E-state index >= 15 is 0 Å². The molecule has 2 aromatic carbocycles. The summed E-state index contributed by atoms with van der Waals surface area (Å²) in [5.74, 6) is 0.631. The summed E-state index contributed by atoms with van der Waals surface area (Å²) in [7, 11) is 1.58. The molecule has 0 saturated heterocycles. The molecule has 0 amide bonds. The van der Waals surface area contributed by atoms with E-state index in [4.69, 9.17) is 4.74 Å². The summed E-state index contributed by atoms with van der Waals surface area (Å²) in [6.07, 6.45) is 0. The number of aromatic hydroxyl groups is 1. The number of phenolic OH excluding ortho intramolecular Hbond substituents is 1. The number of phenols is 1. The van der Waals surface area contributed by atoms with Crippen LogP contribution in [0.5, 0.6) is 11.5 Å². The van der Waals surface area contributed by atoms with Gasteiger partial charge in [-0.25, -0.2) is 4.39 Å². The van der Waals surface area contributed by atoms with E-state index in [-0.39, 0.29) is 23.7 Å². The van der Waals surface area contributed by atoms with Crippen LogP contribution in [-0.2, 0) is 0 Å². The highest BCUT2D eigenvalue weighted by Gasteiger charge is 2.16. The van der Waals surface area contributed by atoms with Crippen LogP contribution in [-0.4, -0.2) is 12.2 Å². The molecular weight excluding hydrogens is 269 g/mol. The molecule has 2 unspecified atom stereocenters. The second-order valence-corrected chi connectivity index (χ2v) is 5.06. The number of rotatable bonds is 5. The fourth-order valence-electron chi connectivity index (χ4n) is 2.39. The Kier molecular flexibility index (Phi) is 4.81. The summed E-state index contributed by atoms with van der Waals surface area (Å²) >= 11 is 0. The van der Waals surface area contributed by atoms with Gasteiger partial charge in [-0.2, -0.15) is 0 Å². The molecule has 2 aromatic rings. The van der Waals surface area contributed by atoms with E-state index in [1.54, 1.807) is 37.4 Å². The second kappa shape index (κ2) is 6.59. The number of benzene rings is 2. The topological polar surface area (TPSA) is 41.5 Å². The van der Waals surface area contributed by atoms with Gasteiger partial charge in [-0.05, 0) is 38.1 Å². The first-order chi connectivity index (χ1) is 10.0. The third-order valence-electron chi connectivity index (χ3n) is 3.57. The fraction of sp³-hybridized carbons (Fsp3) is 0.294. The Bertz CT molecular complexity index is 615. The Morgan fingerprint density at radius 1 is 1.05 bits per heavy atom. The van der Waals surface area contributed by atoms with Crippen molar-refractivity contribution in [1.82, 2.24) is 5.32 Å². The lowest BCUT2D eigenvalue weighted by atomic mass is 10.0. The molecule has 0 heterocycles. The van der Waals surface area contributed by atoms with Gasteiger partial charge in [0.25, 0.3) is 0 Å². The van der Waals surface area contributed by atoms with Crippen LogP contribution in [0.25, 0.3) is 0 Å². The second-order valence-electron chi connectivity index (χ2n) is 5.06. The Morgan fingerprint density at radius 2 is 1.71 bits per heavy atom. The molecule has 0 radical (unpaired) electrons. The minimum atomic E-state index is -0.237. The van der Waals surface area contributed by atoms with E-state index in [2.05, 4.69) is 5.32 Å². The lowest BCUT2D eigenvalue weighted by Crippen LogP contribution is -2.23. The summed E-state index contributed by atoms with van der Waals surface area (Å²) in [6.45, 7) is 3.82. The lowest BCUT2D eigenvalue weighted by Gasteiger charge is -2.22. The zero-order valence-corrected chi connectivity index (χ0v) is 12.4. The van der Waals surface area contributed by atoms with Crippen molar-refractivity contribution < 1.29 is 14.2 Å². The van der Waals surface area contributed by atoms with Crippen molar-refractivity contribution in [3.63, 3.8) is 0 Å².